The molecule has 1 N–H and O–H groups in total. The Labute approximate surface area is 125 Å². The zero-order valence-electron chi connectivity index (χ0n) is 12.7. The topological polar surface area (TPSA) is 43.8 Å². The molecular weight excluding hydrogens is 264 g/mol. The predicted molar refractivity (Wildman–Crippen MR) is 79.8 cm³/mol. The highest BCUT2D eigenvalue weighted by atomic mass is 16.3. The number of aromatic hydroxyl groups is 1. The van der Waals surface area contributed by atoms with Crippen LogP contribution < -0.4 is 0 Å². The molecule has 4 bridgehead atoms. The molecule has 4 heteroatoms. The monoisotopic (exact) mass is 286 g/mol. The lowest BCUT2D eigenvalue weighted by atomic mass is 9.60. The van der Waals surface area contributed by atoms with Crippen molar-refractivity contribution in [3.05, 3.63) is 29.8 Å². The van der Waals surface area contributed by atoms with E-state index in [-0.39, 0.29) is 17.0 Å². The van der Waals surface area contributed by atoms with Crippen molar-refractivity contribution < 1.29 is 9.90 Å². The lowest BCUT2D eigenvalue weighted by molar-refractivity contribution is -0.200. The van der Waals surface area contributed by atoms with E-state index < -0.39 is 0 Å². The fraction of sp³-hybridized carbons (Fsp3) is 0.588. The second kappa shape index (κ2) is 4.08. The van der Waals surface area contributed by atoms with E-state index in [9.17, 15) is 9.90 Å². The van der Waals surface area contributed by atoms with E-state index in [1.807, 2.05) is 12.1 Å². The third kappa shape index (κ3) is 1.66. The van der Waals surface area contributed by atoms with E-state index in [4.69, 9.17) is 0 Å². The Morgan fingerprint density at radius 1 is 1.14 bits per heavy atom. The van der Waals surface area contributed by atoms with Gasteiger partial charge in [-0.1, -0.05) is 26.0 Å². The number of hydrogen-bond acceptors (Lipinski definition) is 4. The van der Waals surface area contributed by atoms with E-state index in [0.717, 1.165) is 32.6 Å². The highest BCUT2D eigenvalue weighted by molar-refractivity contribution is 5.93. The number of carbonyl (C=O) groups excluding carboxylic acids is 1. The number of Topliss-reactive ketones (excluding diaryl/α,β-unsaturated/α-hetero) is 1. The molecule has 4 nitrogen and oxygen atoms in total. The van der Waals surface area contributed by atoms with E-state index in [1.54, 1.807) is 12.1 Å². The van der Waals surface area contributed by atoms with Crippen LogP contribution in [0, 0.1) is 10.8 Å². The molecule has 5 rings (SSSR count). The smallest absolute Gasteiger partial charge is 0.150 e. The Morgan fingerprint density at radius 3 is 2.24 bits per heavy atom. The minimum absolute atomic E-state index is 0.168. The van der Waals surface area contributed by atoms with Crippen LogP contribution in [-0.2, 0) is 4.79 Å². The van der Waals surface area contributed by atoms with Crippen LogP contribution in [0.25, 0.3) is 0 Å². The zero-order valence-corrected chi connectivity index (χ0v) is 12.7. The van der Waals surface area contributed by atoms with Crippen molar-refractivity contribution in [3.63, 3.8) is 0 Å². The van der Waals surface area contributed by atoms with E-state index in [0.29, 0.717) is 11.5 Å². The maximum absolute atomic E-state index is 12.8. The second-order valence-corrected chi connectivity index (χ2v) is 7.30. The number of ketones is 1. The Kier molecular flexibility index (Phi) is 2.58. The summed E-state index contributed by atoms with van der Waals surface area (Å²) in [5, 5.41) is 9.49. The van der Waals surface area contributed by atoms with Crippen LogP contribution in [0.15, 0.2) is 24.3 Å². The van der Waals surface area contributed by atoms with Crippen molar-refractivity contribution in [1.29, 1.82) is 0 Å². The zero-order chi connectivity index (χ0) is 14.8. The summed E-state index contributed by atoms with van der Waals surface area (Å²) in [6.45, 7) is 7.74. The molecule has 0 amide bonds. The van der Waals surface area contributed by atoms with Crippen LogP contribution in [0.2, 0.25) is 0 Å². The minimum atomic E-state index is -0.208. The molecule has 0 aromatic heterocycles. The number of rotatable bonds is 2. The SMILES string of the molecule is CCC12CN3CC(C)(CN(C1)C3c1ccc(O)cc1)C2=O. The summed E-state index contributed by atoms with van der Waals surface area (Å²) in [6.07, 6.45) is 1.18. The van der Waals surface area contributed by atoms with Crippen LogP contribution in [-0.4, -0.2) is 46.9 Å². The number of hydrogen-bond donors (Lipinski definition) is 1. The molecule has 0 radical (unpaired) electrons. The van der Waals surface area contributed by atoms with Gasteiger partial charge in [0, 0.05) is 26.2 Å². The Hall–Kier alpha value is -1.39. The fourth-order valence-corrected chi connectivity index (χ4v) is 4.84. The summed E-state index contributed by atoms with van der Waals surface area (Å²) < 4.78 is 0. The maximum Gasteiger partial charge on any atom is 0.150 e. The third-order valence-corrected chi connectivity index (χ3v) is 5.71. The Morgan fingerprint density at radius 2 is 1.71 bits per heavy atom. The summed E-state index contributed by atoms with van der Waals surface area (Å²) in [4.78, 5) is 17.8. The third-order valence-electron chi connectivity index (χ3n) is 5.71. The number of phenolic OH excluding ortho intramolecular Hbond substituents is 1. The summed E-state index contributed by atoms with van der Waals surface area (Å²) in [5.41, 5.74) is 0.840. The van der Waals surface area contributed by atoms with Gasteiger partial charge in [-0.05, 0) is 24.1 Å². The van der Waals surface area contributed by atoms with Gasteiger partial charge < -0.3 is 5.11 Å². The molecule has 4 aliphatic rings. The Balaban J connectivity index is 1.74. The highest BCUT2D eigenvalue weighted by Crippen LogP contribution is 2.53. The predicted octanol–water partition coefficient (Wildman–Crippen LogP) is 2.01. The number of phenols is 1. The molecular formula is C17H22N2O2. The quantitative estimate of drug-likeness (QED) is 0.903. The summed E-state index contributed by atoms with van der Waals surface area (Å²) in [5.74, 6) is 0.786. The average molecular weight is 286 g/mol. The van der Waals surface area contributed by atoms with Crippen molar-refractivity contribution >= 4 is 5.78 Å². The standard InChI is InChI=1S/C17H22N2O2/c1-3-17-10-18-8-16(2,15(17)21)9-19(11-17)14(18)12-4-6-13(20)7-5-12/h4-7,14,20H,3,8-11H2,1-2H3. The number of carbonyl (C=O) groups is 1. The molecule has 2 atom stereocenters. The molecule has 2 unspecified atom stereocenters. The van der Waals surface area contributed by atoms with Gasteiger partial charge >= 0.3 is 0 Å². The first-order chi connectivity index (χ1) is 9.97. The highest BCUT2D eigenvalue weighted by Gasteiger charge is 2.63. The van der Waals surface area contributed by atoms with E-state index in [2.05, 4.69) is 23.6 Å². The van der Waals surface area contributed by atoms with Gasteiger partial charge in [0.1, 0.15) is 11.5 Å². The first-order valence-corrected chi connectivity index (χ1v) is 7.79. The molecule has 0 aliphatic carbocycles. The lowest BCUT2D eigenvalue weighted by Gasteiger charge is -2.65. The summed E-state index contributed by atoms with van der Waals surface area (Å²) in [6, 6.07) is 7.52. The fourth-order valence-electron chi connectivity index (χ4n) is 4.84. The van der Waals surface area contributed by atoms with Crippen molar-refractivity contribution in [3.8, 4) is 5.75 Å². The van der Waals surface area contributed by atoms with Gasteiger partial charge in [-0.2, -0.15) is 0 Å². The van der Waals surface area contributed by atoms with E-state index in [1.165, 1.54) is 5.56 Å². The molecule has 1 aromatic rings. The maximum atomic E-state index is 12.8. The number of piperidine rings is 2. The van der Waals surface area contributed by atoms with Crippen LogP contribution in [0.1, 0.15) is 32.0 Å². The molecule has 112 valence electrons. The van der Waals surface area contributed by atoms with Crippen LogP contribution in [0.3, 0.4) is 0 Å². The normalized spacial score (nSPS) is 44.3. The van der Waals surface area contributed by atoms with Crippen molar-refractivity contribution in [2.24, 2.45) is 10.8 Å². The van der Waals surface area contributed by atoms with E-state index >= 15 is 0 Å². The van der Waals surface area contributed by atoms with Crippen LogP contribution in [0.4, 0.5) is 0 Å². The second-order valence-electron chi connectivity index (χ2n) is 7.30. The van der Waals surface area contributed by atoms with Crippen molar-refractivity contribution in [2.45, 2.75) is 26.4 Å². The van der Waals surface area contributed by atoms with Crippen LogP contribution in [0.5, 0.6) is 5.75 Å². The molecule has 0 saturated carbocycles. The summed E-state index contributed by atoms with van der Waals surface area (Å²) in [7, 11) is 0. The largest absolute Gasteiger partial charge is 0.508 e. The Bertz CT molecular complexity index is 579. The van der Waals surface area contributed by atoms with Gasteiger partial charge in [-0.3, -0.25) is 14.6 Å². The van der Waals surface area contributed by atoms with Crippen molar-refractivity contribution in [1.82, 2.24) is 9.80 Å². The first kappa shape index (κ1) is 13.3. The van der Waals surface area contributed by atoms with Gasteiger partial charge in [-0.25, -0.2) is 0 Å². The number of nitrogens with zero attached hydrogens (tertiary/aromatic N) is 2. The van der Waals surface area contributed by atoms with Crippen molar-refractivity contribution in [2.75, 3.05) is 26.2 Å². The van der Waals surface area contributed by atoms with Gasteiger partial charge in [0.2, 0.25) is 0 Å². The van der Waals surface area contributed by atoms with Gasteiger partial charge in [0.05, 0.1) is 17.0 Å². The molecule has 21 heavy (non-hydrogen) atoms. The molecule has 1 aromatic carbocycles. The molecule has 4 heterocycles. The molecule has 4 fully saturated rings. The minimum Gasteiger partial charge on any atom is -0.508 e. The first-order valence-electron chi connectivity index (χ1n) is 7.79. The van der Waals surface area contributed by atoms with Crippen LogP contribution >= 0.6 is 0 Å². The molecule has 4 aliphatic heterocycles. The summed E-state index contributed by atoms with van der Waals surface area (Å²) >= 11 is 0. The average Bonchev–Trinajstić information content (AvgIpc) is 2.45. The van der Waals surface area contributed by atoms with Gasteiger partial charge in [0.25, 0.3) is 0 Å². The lowest BCUT2D eigenvalue weighted by Crippen LogP contribution is -2.75. The molecule has 4 saturated heterocycles. The molecule has 0 spiro atoms. The van der Waals surface area contributed by atoms with Gasteiger partial charge in [-0.15, -0.1) is 0 Å². The number of benzene rings is 1. The van der Waals surface area contributed by atoms with Gasteiger partial charge in [0.15, 0.2) is 0 Å².